The molecule has 0 aromatic heterocycles. The Hall–Kier alpha value is -1.15. The van der Waals surface area contributed by atoms with Crippen molar-refractivity contribution in [2.24, 2.45) is 5.92 Å². The molecule has 0 spiro atoms. The van der Waals surface area contributed by atoms with Crippen LogP contribution in [0.25, 0.3) is 0 Å². The number of piperidine rings is 1. The van der Waals surface area contributed by atoms with Crippen molar-refractivity contribution in [3.05, 3.63) is 0 Å². The maximum atomic E-state index is 12.2. The Labute approximate surface area is 119 Å². The molecule has 1 atom stereocenters. The lowest BCUT2D eigenvalue weighted by atomic mass is 9.98. The summed E-state index contributed by atoms with van der Waals surface area (Å²) in [5, 5.41) is 0. The Morgan fingerprint density at radius 1 is 1.40 bits per heavy atom. The lowest BCUT2D eigenvalue weighted by Crippen LogP contribution is -2.45. The maximum Gasteiger partial charge on any atom is 0.307 e. The number of carbonyl (C=O) groups excluding carboxylic acids is 2. The highest BCUT2D eigenvalue weighted by Crippen LogP contribution is 2.20. The number of esters is 1. The number of hydrogen-bond acceptors (Lipinski definition) is 5. The summed E-state index contributed by atoms with van der Waals surface area (Å²) in [6.07, 6.45) is 2.64. The van der Waals surface area contributed by atoms with Crippen LogP contribution in [-0.4, -0.2) is 69.5 Å². The number of nitrogens with zero attached hydrogens (tertiary/aromatic N) is 2. The maximum absolute atomic E-state index is 12.2. The van der Waals surface area contributed by atoms with Crippen molar-refractivity contribution in [2.75, 3.05) is 40.0 Å². The van der Waals surface area contributed by atoms with Gasteiger partial charge in [0.15, 0.2) is 0 Å². The predicted octanol–water partition coefficient (Wildman–Crippen LogP) is -0.320. The van der Waals surface area contributed by atoms with Gasteiger partial charge in [-0.05, 0) is 12.8 Å². The van der Waals surface area contributed by atoms with E-state index in [1.807, 2.05) is 0 Å². The fraction of sp³-hybridized carbons (Fsp3) is 0.833. The third kappa shape index (κ3) is 4.75. The van der Waals surface area contributed by atoms with Crippen LogP contribution in [0.2, 0.25) is 0 Å². The van der Waals surface area contributed by atoms with Crippen molar-refractivity contribution in [3.63, 3.8) is 0 Å². The molecule has 1 rings (SSSR count). The van der Waals surface area contributed by atoms with Gasteiger partial charge < -0.3 is 9.64 Å². The molecule has 0 saturated carbocycles. The smallest absolute Gasteiger partial charge is 0.307 e. The van der Waals surface area contributed by atoms with Crippen LogP contribution in [0.1, 0.15) is 19.3 Å². The fourth-order valence-corrected chi connectivity index (χ4v) is 3.14. The first-order chi connectivity index (χ1) is 9.25. The number of rotatable bonds is 5. The van der Waals surface area contributed by atoms with E-state index in [1.54, 1.807) is 7.05 Å². The molecule has 0 aliphatic carbocycles. The van der Waals surface area contributed by atoms with Gasteiger partial charge in [0.1, 0.15) is 0 Å². The quantitative estimate of drug-likeness (QED) is 0.650. The molecule has 1 amide bonds. The van der Waals surface area contributed by atoms with E-state index in [4.69, 9.17) is 0 Å². The normalized spacial score (nSPS) is 20.4. The second kappa shape index (κ2) is 7.03. The second-order valence-electron chi connectivity index (χ2n) is 5.05. The minimum atomic E-state index is -3.26. The van der Waals surface area contributed by atoms with Crippen LogP contribution in [0.4, 0.5) is 0 Å². The summed E-state index contributed by atoms with van der Waals surface area (Å²) in [5.74, 6) is -0.825. The first-order valence-electron chi connectivity index (χ1n) is 6.52. The molecule has 7 nitrogen and oxygen atoms in total. The lowest BCUT2D eigenvalue weighted by Gasteiger charge is -2.32. The highest BCUT2D eigenvalue weighted by Gasteiger charge is 2.31. The number of ether oxygens (including phenoxy) is 1. The summed E-state index contributed by atoms with van der Waals surface area (Å²) >= 11 is 0. The summed E-state index contributed by atoms with van der Waals surface area (Å²) in [5.41, 5.74) is 0. The van der Waals surface area contributed by atoms with Gasteiger partial charge in [-0.3, -0.25) is 9.59 Å². The number of amides is 1. The highest BCUT2D eigenvalue weighted by molar-refractivity contribution is 7.88. The molecule has 1 fully saturated rings. The third-order valence-corrected chi connectivity index (χ3v) is 4.73. The van der Waals surface area contributed by atoms with E-state index >= 15 is 0 Å². The van der Waals surface area contributed by atoms with Crippen molar-refractivity contribution >= 4 is 21.9 Å². The van der Waals surface area contributed by atoms with Crippen molar-refractivity contribution in [1.29, 1.82) is 0 Å². The Morgan fingerprint density at radius 2 is 2.05 bits per heavy atom. The zero-order valence-electron chi connectivity index (χ0n) is 12.2. The van der Waals surface area contributed by atoms with Gasteiger partial charge in [-0.25, -0.2) is 12.7 Å². The number of methoxy groups -OCH3 is 1. The van der Waals surface area contributed by atoms with E-state index < -0.39 is 10.0 Å². The number of hydrogen-bond donors (Lipinski definition) is 0. The predicted molar refractivity (Wildman–Crippen MR) is 73.4 cm³/mol. The lowest BCUT2D eigenvalue weighted by molar-refractivity contribution is -0.142. The molecule has 0 radical (unpaired) electrons. The molecule has 0 aromatic rings. The summed E-state index contributed by atoms with van der Waals surface area (Å²) < 4.78 is 28.9. The molecule has 116 valence electrons. The Kier molecular flexibility index (Phi) is 5.94. The topological polar surface area (TPSA) is 84.0 Å². The molecular formula is C12H22N2O5S. The van der Waals surface area contributed by atoms with Gasteiger partial charge >= 0.3 is 5.97 Å². The zero-order valence-corrected chi connectivity index (χ0v) is 13.0. The average Bonchev–Trinajstić information content (AvgIpc) is 2.42. The summed E-state index contributed by atoms with van der Waals surface area (Å²) in [4.78, 5) is 24.7. The summed E-state index contributed by atoms with van der Waals surface area (Å²) in [6.45, 7) is 0.968. The van der Waals surface area contributed by atoms with Crippen molar-refractivity contribution in [2.45, 2.75) is 19.3 Å². The highest BCUT2D eigenvalue weighted by atomic mass is 32.2. The standard InChI is InChI=1S/C12H22N2O5S/c1-13(8-6-11(15)19-2)12(16)10-5-4-7-14(9-10)20(3,17)18/h10H,4-9H2,1-3H3. The average molecular weight is 306 g/mol. The van der Waals surface area contributed by atoms with Crippen LogP contribution in [0.3, 0.4) is 0 Å². The van der Waals surface area contributed by atoms with Gasteiger partial charge in [0.2, 0.25) is 15.9 Å². The summed E-state index contributed by atoms with van der Waals surface area (Å²) in [6, 6.07) is 0. The van der Waals surface area contributed by atoms with Gasteiger partial charge in [-0.2, -0.15) is 0 Å². The van der Waals surface area contributed by atoms with E-state index in [9.17, 15) is 18.0 Å². The van der Waals surface area contributed by atoms with Crippen LogP contribution < -0.4 is 0 Å². The molecule has 1 saturated heterocycles. The van der Waals surface area contributed by atoms with E-state index in [-0.39, 0.29) is 37.3 Å². The molecule has 1 unspecified atom stereocenters. The van der Waals surface area contributed by atoms with E-state index in [2.05, 4.69) is 4.74 Å². The largest absolute Gasteiger partial charge is 0.469 e. The van der Waals surface area contributed by atoms with Gasteiger partial charge in [0, 0.05) is 26.7 Å². The Balaban J connectivity index is 2.56. The third-order valence-electron chi connectivity index (χ3n) is 3.46. The first kappa shape index (κ1) is 16.9. The molecule has 8 heteroatoms. The van der Waals surface area contributed by atoms with Crippen molar-refractivity contribution in [1.82, 2.24) is 9.21 Å². The van der Waals surface area contributed by atoms with Gasteiger partial charge in [-0.15, -0.1) is 0 Å². The van der Waals surface area contributed by atoms with Crippen molar-refractivity contribution in [3.8, 4) is 0 Å². The minimum absolute atomic E-state index is 0.123. The Morgan fingerprint density at radius 3 is 2.60 bits per heavy atom. The molecule has 1 aliphatic heterocycles. The first-order valence-corrected chi connectivity index (χ1v) is 8.37. The van der Waals surface area contributed by atoms with Crippen LogP contribution in [-0.2, 0) is 24.3 Å². The monoisotopic (exact) mass is 306 g/mol. The zero-order chi connectivity index (χ0) is 15.3. The van der Waals surface area contributed by atoms with Gasteiger partial charge in [0.05, 0.1) is 25.7 Å². The van der Waals surface area contributed by atoms with Crippen LogP contribution in [0.15, 0.2) is 0 Å². The van der Waals surface area contributed by atoms with Crippen LogP contribution >= 0.6 is 0 Å². The van der Waals surface area contributed by atoms with Crippen molar-refractivity contribution < 1.29 is 22.7 Å². The van der Waals surface area contributed by atoms with E-state index in [0.29, 0.717) is 19.4 Å². The summed E-state index contributed by atoms with van der Waals surface area (Å²) in [7, 11) is -0.343. The molecule has 1 aliphatic rings. The second-order valence-corrected chi connectivity index (χ2v) is 7.03. The molecule has 0 N–H and O–H groups in total. The van der Waals surface area contributed by atoms with Crippen LogP contribution in [0.5, 0.6) is 0 Å². The number of carbonyl (C=O) groups is 2. The molecule has 1 heterocycles. The molecule has 0 bridgehead atoms. The fourth-order valence-electron chi connectivity index (χ4n) is 2.23. The van der Waals surface area contributed by atoms with Gasteiger partial charge in [0.25, 0.3) is 0 Å². The Bertz CT molecular complexity index is 462. The molecule has 20 heavy (non-hydrogen) atoms. The van der Waals surface area contributed by atoms with Gasteiger partial charge in [-0.1, -0.05) is 0 Å². The number of sulfonamides is 1. The SMILES string of the molecule is COC(=O)CCN(C)C(=O)C1CCCN(S(C)(=O)=O)C1. The van der Waals surface area contributed by atoms with Crippen LogP contribution in [0, 0.1) is 5.92 Å². The van der Waals surface area contributed by atoms with E-state index in [0.717, 1.165) is 6.26 Å². The molecular weight excluding hydrogens is 284 g/mol. The van der Waals surface area contributed by atoms with E-state index in [1.165, 1.54) is 16.3 Å². The molecule has 0 aromatic carbocycles. The minimum Gasteiger partial charge on any atom is -0.469 e.